The minimum Gasteiger partial charge on any atom is -0.459 e. The minimum absolute atomic E-state index is 0.244. The van der Waals surface area contributed by atoms with Crippen LogP contribution in [0.3, 0.4) is 0 Å². The van der Waals surface area contributed by atoms with E-state index in [-0.39, 0.29) is 12.1 Å². The van der Waals surface area contributed by atoms with Crippen LogP contribution in [-0.4, -0.2) is 41.9 Å². The zero-order chi connectivity index (χ0) is 17.3. The molecule has 8 heteroatoms. The van der Waals surface area contributed by atoms with Crippen molar-refractivity contribution < 1.29 is 13.2 Å². The van der Waals surface area contributed by atoms with Gasteiger partial charge in [0.25, 0.3) is 0 Å². The standard InChI is InChI=1S/C16H18BrN3O3S/c1-11-3-4-12(2)15(7-11)24(21,22)20-6-5-14(10-20)23-16-18-8-13(17)9-19-16/h3-4,7-9,14H,5-6,10H2,1-2H3. The third-order valence-corrected chi connectivity index (χ3v) is 6.35. The topological polar surface area (TPSA) is 72.4 Å². The summed E-state index contributed by atoms with van der Waals surface area (Å²) in [4.78, 5) is 8.49. The molecule has 2 aromatic rings. The number of nitrogens with zero attached hydrogens (tertiary/aromatic N) is 3. The van der Waals surface area contributed by atoms with Crippen molar-refractivity contribution in [1.82, 2.24) is 14.3 Å². The lowest BCUT2D eigenvalue weighted by atomic mass is 10.2. The summed E-state index contributed by atoms with van der Waals surface area (Å²) >= 11 is 3.26. The highest BCUT2D eigenvalue weighted by Crippen LogP contribution is 2.26. The normalized spacial score (nSPS) is 18.7. The number of aryl methyl sites for hydroxylation is 2. The average molecular weight is 412 g/mol. The molecule has 1 aliphatic heterocycles. The van der Waals surface area contributed by atoms with Crippen molar-refractivity contribution in [3.63, 3.8) is 0 Å². The van der Waals surface area contributed by atoms with Crippen LogP contribution in [-0.2, 0) is 10.0 Å². The Balaban J connectivity index is 1.74. The van der Waals surface area contributed by atoms with Gasteiger partial charge < -0.3 is 4.74 Å². The minimum atomic E-state index is -3.52. The monoisotopic (exact) mass is 411 g/mol. The zero-order valence-electron chi connectivity index (χ0n) is 13.4. The second-order valence-corrected chi connectivity index (χ2v) is 8.67. The van der Waals surface area contributed by atoms with Gasteiger partial charge in [-0.05, 0) is 53.4 Å². The molecule has 0 saturated carbocycles. The third-order valence-electron chi connectivity index (χ3n) is 3.94. The quantitative estimate of drug-likeness (QED) is 0.772. The highest BCUT2D eigenvalue weighted by Gasteiger charge is 2.34. The molecule has 0 amide bonds. The number of benzene rings is 1. The molecule has 1 unspecified atom stereocenters. The van der Waals surface area contributed by atoms with Crippen molar-refractivity contribution in [1.29, 1.82) is 0 Å². The Morgan fingerprint density at radius 1 is 1.25 bits per heavy atom. The van der Waals surface area contributed by atoms with Crippen LogP contribution in [0.4, 0.5) is 0 Å². The molecule has 0 aliphatic carbocycles. The molecule has 1 aliphatic rings. The van der Waals surface area contributed by atoms with Crippen molar-refractivity contribution in [2.45, 2.75) is 31.3 Å². The van der Waals surface area contributed by atoms with Gasteiger partial charge in [0, 0.05) is 18.9 Å². The van der Waals surface area contributed by atoms with Crippen molar-refractivity contribution in [3.05, 3.63) is 46.2 Å². The highest BCUT2D eigenvalue weighted by atomic mass is 79.9. The van der Waals surface area contributed by atoms with Gasteiger partial charge >= 0.3 is 6.01 Å². The lowest BCUT2D eigenvalue weighted by Crippen LogP contribution is -2.31. The molecule has 0 radical (unpaired) electrons. The smallest absolute Gasteiger partial charge is 0.316 e. The molecule has 0 N–H and O–H groups in total. The van der Waals surface area contributed by atoms with Crippen molar-refractivity contribution in [3.8, 4) is 6.01 Å². The fourth-order valence-corrected chi connectivity index (χ4v) is 4.65. The fourth-order valence-electron chi connectivity index (χ4n) is 2.65. The molecular weight excluding hydrogens is 394 g/mol. The summed E-state index contributed by atoms with van der Waals surface area (Å²) in [6.07, 6.45) is 3.57. The van der Waals surface area contributed by atoms with Gasteiger partial charge in [0.1, 0.15) is 6.10 Å². The number of halogens is 1. The Hall–Kier alpha value is -1.51. The summed E-state index contributed by atoms with van der Waals surface area (Å²) in [7, 11) is -3.52. The van der Waals surface area contributed by atoms with E-state index in [2.05, 4.69) is 25.9 Å². The van der Waals surface area contributed by atoms with Gasteiger partial charge in [-0.15, -0.1) is 0 Å². The Labute approximate surface area is 150 Å². The van der Waals surface area contributed by atoms with Crippen LogP contribution in [0.25, 0.3) is 0 Å². The molecule has 1 fully saturated rings. The van der Waals surface area contributed by atoms with Gasteiger partial charge in [0.05, 0.1) is 15.9 Å². The first-order valence-electron chi connectivity index (χ1n) is 7.58. The first-order valence-corrected chi connectivity index (χ1v) is 9.81. The van der Waals surface area contributed by atoms with Crippen LogP contribution in [0.2, 0.25) is 0 Å². The summed E-state index contributed by atoms with van der Waals surface area (Å²) in [5.74, 6) is 0. The molecule has 3 rings (SSSR count). The number of rotatable bonds is 4. The number of ether oxygens (including phenoxy) is 1. The molecule has 1 aromatic carbocycles. The van der Waals surface area contributed by atoms with E-state index in [1.165, 1.54) is 4.31 Å². The van der Waals surface area contributed by atoms with E-state index in [1.54, 1.807) is 18.5 Å². The van der Waals surface area contributed by atoms with E-state index in [4.69, 9.17) is 4.74 Å². The van der Waals surface area contributed by atoms with E-state index in [0.29, 0.717) is 24.4 Å². The summed E-state index contributed by atoms with van der Waals surface area (Å²) in [5.41, 5.74) is 1.68. The van der Waals surface area contributed by atoms with Crippen molar-refractivity contribution in [2.75, 3.05) is 13.1 Å². The first-order chi connectivity index (χ1) is 11.4. The lowest BCUT2D eigenvalue weighted by Gasteiger charge is -2.18. The molecule has 1 atom stereocenters. The molecule has 1 saturated heterocycles. The Kier molecular flexibility index (Phi) is 4.89. The number of hydrogen-bond donors (Lipinski definition) is 0. The fraction of sp³-hybridized carbons (Fsp3) is 0.375. The maximum absolute atomic E-state index is 12.9. The maximum atomic E-state index is 12.9. The van der Waals surface area contributed by atoms with Gasteiger partial charge in [0.2, 0.25) is 10.0 Å². The Morgan fingerprint density at radius 2 is 1.96 bits per heavy atom. The van der Waals surface area contributed by atoms with Gasteiger partial charge in [-0.3, -0.25) is 0 Å². The van der Waals surface area contributed by atoms with Crippen LogP contribution in [0.5, 0.6) is 6.01 Å². The van der Waals surface area contributed by atoms with Crippen LogP contribution in [0.15, 0.2) is 40.0 Å². The summed E-state index contributed by atoms with van der Waals surface area (Å²) < 4.78 is 33.7. The molecule has 128 valence electrons. The predicted octanol–water partition coefficient (Wildman–Crippen LogP) is 2.70. The largest absolute Gasteiger partial charge is 0.459 e. The van der Waals surface area contributed by atoms with Crippen molar-refractivity contribution >= 4 is 26.0 Å². The van der Waals surface area contributed by atoms with E-state index in [0.717, 1.165) is 15.6 Å². The van der Waals surface area contributed by atoms with E-state index < -0.39 is 10.0 Å². The molecule has 0 bridgehead atoms. The first kappa shape index (κ1) is 17.3. The van der Waals surface area contributed by atoms with Crippen LogP contribution in [0, 0.1) is 13.8 Å². The predicted molar refractivity (Wildman–Crippen MR) is 93.4 cm³/mol. The molecule has 0 spiro atoms. The molecule has 1 aromatic heterocycles. The number of sulfonamides is 1. The zero-order valence-corrected chi connectivity index (χ0v) is 15.8. The summed E-state index contributed by atoms with van der Waals surface area (Å²) in [6, 6.07) is 5.72. The van der Waals surface area contributed by atoms with Gasteiger partial charge in [-0.2, -0.15) is 4.31 Å². The summed E-state index contributed by atoms with van der Waals surface area (Å²) in [5, 5.41) is 0. The second-order valence-electron chi connectivity index (χ2n) is 5.84. The molecular formula is C16H18BrN3O3S. The Bertz CT molecular complexity index is 840. The number of aromatic nitrogens is 2. The third kappa shape index (κ3) is 3.60. The second kappa shape index (κ2) is 6.78. The number of hydrogen-bond acceptors (Lipinski definition) is 5. The molecule has 6 nitrogen and oxygen atoms in total. The van der Waals surface area contributed by atoms with Gasteiger partial charge in [-0.25, -0.2) is 18.4 Å². The SMILES string of the molecule is Cc1ccc(C)c(S(=O)(=O)N2CCC(Oc3ncc(Br)cn3)C2)c1. The van der Waals surface area contributed by atoms with E-state index in [1.807, 2.05) is 26.0 Å². The van der Waals surface area contributed by atoms with Crippen LogP contribution >= 0.6 is 15.9 Å². The van der Waals surface area contributed by atoms with E-state index >= 15 is 0 Å². The Morgan fingerprint density at radius 3 is 2.67 bits per heavy atom. The van der Waals surface area contributed by atoms with Crippen LogP contribution in [0.1, 0.15) is 17.5 Å². The van der Waals surface area contributed by atoms with Gasteiger partial charge in [-0.1, -0.05) is 12.1 Å². The average Bonchev–Trinajstić information content (AvgIpc) is 3.01. The molecule has 2 heterocycles. The highest BCUT2D eigenvalue weighted by molar-refractivity contribution is 9.10. The maximum Gasteiger partial charge on any atom is 0.316 e. The molecule has 24 heavy (non-hydrogen) atoms. The van der Waals surface area contributed by atoms with E-state index in [9.17, 15) is 8.42 Å². The van der Waals surface area contributed by atoms with Crippen molar-refractivity contribution in [2.24, 2.45) is 0 Å². The van der Waals surface area contributed by atoms with Gasteiger partial charge in [0.15, 0.2) is 0 Å². The summed E-state index contributed by atoms with van der Waals surface area (Å²) in [6.45, 7) is 4.43. The lowest BCUT2D eigenvalue weighted by molar-refractivity contribution is 0.197. The van der Waals surface area contributed by atoms with Crippen LogP contribution < -0.4 is 4.74 Å².